The molecule has 19 heavy (non-hydrogen) atoms. The molecule has 0 saturated carbocycles. The molecule has 0 heterocycles. The van der Waals surface area contributed by atoms with Gasteiger partial charge in [0.15, 0.2) is 6.61 Å². The minimum atomic E-state index is -1.25. The maximum absolute atomic E-state index is 13.1. The number of benzene rings is 1. The number of ether oxygens (including phenoxy) is 1. The fourth-order valence-electron chi connectivity index (χ4n) is 1.37. The second-order valence-corrected chi connectivity index (χ2v) is 3.97. The largest absolute Gasteiger partial charge is 0.484 e. The van der Waals surface area contributed by atoms with Gasteiger partial charge in [-0.3, -0.25) is 4.79 Å². The van der Waals surface area contributed by atoms with Crippen LogP contribution in [-0.4, -0.2) is 30.1 Å². The van der Waals surface area contributed by atoms with E-state index in [0.29, 0.717) is 6.54 Å². The molecule has 1 amide bonds. The summed E-state index contributed by atoms with van der Waals surface area (Å²) in [5.74, 6) is -2.28. The van der Waals surface area contributed by atoms with Gasteiger partial charge in [-0.05, 0) is 18.6 Å². The topological polar surface area (TPSA) is 75.6 Å². The molecule has 5 nitrogen and oxygen atoms in total. The number of halogens is 1. The summed E-state index contributed by atoms with van der Waals surface area (Å²) in [5, 5.41) is 11.4. The van der Waals surface area contributed by atoms with E-state index >= 15 is 0 Å². The van der Waals surface area contributed by atoms with Crippen LogP contribution < -0.4 is 10.1 Å². The number of rotatable bonds is 7. The van der Waals surface area contributed by atoms with Crippen LogP contribution in [0.3, 0.4) is 0 Å². The van der Waals surface area contributed by atoms with Gasteiger partial charge in [0.25, 0.3) is 5.91 Å². The lowest BCUT2D eigenvalue weighted by Crippen LogP contribution is -2.29. The van der Waals surface area contributed by atoms with Crippen molar-refractivity contribution in [3.63, 3.8) is 0 Å². The summed E-state index contributed by atoms with van der Waals surface area (Å²) in [6.45, 7) is 2.29. The zero-order chi connectivity index (χ0) is 14.3. The third-order valence-electron chi connectivity index (χ3n) is 2.34. The number of carboxylic acids is 1. The second kappa shape index (κ2) is 7.35. The van der Waals surface area contributed by atoms with Crippen LogP contribution in [0.4, 0.5) is 4.39 Å². The van der Waals surface area contributed by atoms with E-state index in [1.807, 2.05) is 6.92 Å². The lowest BCUT2D eigenvalue weighted by atomic mass is 10.2. The van der Waals surface area contributed by atoms with E-state index in [4.69, 9.17) is 9.84 Å². The quantitative estimate of drug-likeness (QED) is 0.740. The molecule has 0 saturated heterocycles. The van der Waals surface area contributed by atoms with Gasteiger partial charge >= 0.3 is 5.97 Å². The molecule has 0 aromatic heterocycles. The normalized spacial score (nSPS) is 10.0. The molecule has 6 heteroatoms. The highest BCUT2D eigenvalue weighted by Crippen LogP contribution is 2.16. The molecule has 1 aromatic carbocycles. The number of carbonyl (C=O) groups is 2. The van der Waals surface area contributed by atoms with Crippen molar-refractivity contribution >= 4 is 11.9 Å². The van der Waals surface area contributed by atoms with Crippen LogP contribution in [0.15, 0.2) is 18.2 Å². The van der Waals surface area contributed by atoms with Crippen molar-refractivity contribution < 1.29 is 23.8 Å². The molecule has 1 aromatic rings. The Morgan fingerprint density at radius 2 is 2.11 bits per heavy atom. The molecule has 0 unspecified atom stereocenters. The molecule has 0 aliphatic rings. The molecule has 0 spiro atoms. The van der Waals surface area contributed by atoms with Crippen LogP contribution >= 0.6 is 0 Å². The molecule has 0 aliphatic heterocycles. The summed E-state index contributed by atoms with van der Waals surface area (Å²) < 4.78 is 18.2. The SMILES string of the molecule is CCCCNC(=O)COc1cc(F)cc(C(=O)O)c1. The highest BCUT2D eigenvalue weighted by Gasteiger charge is 2.09. The Bertz CT molecular complexity index is 462. The van der Waals surface area contributed by atoms with Gasteiger partial charge in [-0.15, -0.1) is 0 Å². The first kappa shape index (κ1) is 14.9. The number of amides is 1. The van der Waals surface area contributed by atoms with E-state index in [1.54, 1.807) is 0 Å². The summed E-state index contributed by atoms with van der Waals surface area (Å²) >= 11 is 0. The van der Waals surface area contributed by atoms with Gasteiger partial charge in [-0.25, -0.2) is 9.18 Å². The summed E-state index contributed by atoms with van der Waals surface area (Å²) in [6, 6.07) is 3.09. The number of carboxylic acid groups (broad SMARTS) is 1. The van der Waals surface area contributed by atoms with Crippen LogP contribution in [0.5, 0.6) is 5.75 Å². The number of hydrogen-bond acceptors (Lipinski definition) is 3. The van der Waals surface area contributed by atoms with Crippen LogP contribution in [0, 0.1) is 5.82 Å². The fraction of sp³-hybridized carbons (Fsp3) is 0.385. The third-order valence-corrected chi connectivity index (χ3v) is 2.34. The summed E-state index contributed by atoms with van der Waals surface area (Å²) in [6.07, 6.45) is 1.84. The summed E-state index contributed by atoms with van der Waals surface area (Å²) in [5.41, 5.74) is -0.221. The Balaban J connectivity index is 2.53. The van der Waals surface area contributed by atoms with Gasteiger partial charge in [-0.1, -0.05) is 13.3 Å². The monoisotopic (exact) mass is 269 g/mol. The van der Waals surface area contributed by atoms with E-state index in [1.165, 1.54) is 6.07 Å². The highest BCUT2D eigenvalue weighted by molar-refractivity contribution is 5.88. The molecule has 0 atom stereocenters. The van der Waals surface area contributed by atoms with Gasteiger partial charge in [0.1, 0.15) is 11.6 Å². The summed E-state index contributed by atoms with van der Waals surface area (Å²) in [7, 11) is 0. The van der Waals surface area contributed by atoms with Gasteiger partial charge in [-0.2, -0.15) is 0 Å². The van der Waals surface area contributed by atoms with E-state index in [9.17, 15) is 14.0 Å². The molecule has 104 valence electrons. The average Bonchev–Trinajstić information content (AvgIpc) is 2.36. The molecule has 0 fully saturated rings. The first-order valence-corrected chi connectivity index (χ1v) is 5.96. The van der Waals surface area contributed by atoms with Gasteiger partial charge < -0.3 is 15.2 Å². The molecule has 1 rings (SSSR count). The standard InChI is InChI=1S/C13H16FNO4/c1-2-3-4-15-12(16)8-19-11-6-9(13(17)18)5-10(14)7-11/h5-7H,2-4,8H2,1H3,(H,15,16)(H,17,18). The lowest BCUT2D eigenvalue weighted by Gasteiger charge is -2.08. The second-order valence-electron chi connectivity index (χ2n) is 3.97. The van der Waals surface area contributed by atoms with E-state index in [0.717, 1.165) is 25.0 Å². The third kappa shape index (κ3) is 5.37. The predicted molar refractivity (Wildman–Crippen MR) is 66.8 cm³/mol. The number of unbranched alkanes of at least 4 members (excludes halogenated alkanes) is 1. The van der Waals surface area contributed by atoms with E-state index < -0.39 is 11.8 Å². The van der Waals surface area contributed by atoms with Crippen LogP contribution in [0.1, 0.15) is 30.1 Å². The molecule has 0 aliphatic carbocycles. The highest BCUT2D eigenvalue weighted by atomic mass is 19.1. The van der Waals surface area contributed by atoms with Gasteiger partial charge in [0.05, 0.1) is 5.56 Å². The Hall–Kier alpha value is -2.11. The zero-order valence-electron chi connectivity index (χ0n) is 10.6. The van der Waals surface area contributed by atoms with Gasteiger partial charge in [0.2, 0.25) is 0 Å². The Morgan fingerprint density at radius 3 is 2.74 bits per heavy atom. The molecular weight excluding hydrogens is 253 g/mol. The Kier molecular flexibility index (Phi) is 5.78. The van der Waals surface area contributed by atoms with Gasteiger partial charge in [0, 0.05) is 12.6 Å². The van der Waals surface area contributed by atoms with Crippen molar-refractivity contribution in [1.29, 1.82) is 0 Å². The first-order chi connectivity index (χ1) is 9.02. The number of aromatic carboxylic acids is 1. The van der Waals surface area contributed by atoms with Crippen LogP contribution in [0.2, 0.25) is 0 Å². The lowest BCUT2D eigenvalue weighted by molar-refractivity contribution is -0.123. The van der Waals surface area contributed by atoms with Crippen LogP contribution in [-0.2, 0) is 4.79 Å². The Morgan fingerprint density at radius 1 is 1.37 bits per heavy atom. The van der Waals surface area contributed by atoms with Crippen LogP contribution in [0.25, 0.3) is 0 Å². The fourth-order valence-corrected chi connectivity index (χ4v) is 1.37. The average molecular weight is 269 g/mol. The Labute approximate surface area is 110 Å². The zero-order valence-corrected chi connectivity index (χ0v) is 10.6. The first-order valence-electron chi connectivity index (χ1n) is 5.96. The number of carbonyl (C=O) groups excluding carboxylic acids is 1. The maximum Gasteiger partial charge on any atom is 0.335 e. The van der Waals surface area contributed by atoms with Crippen molar-refractivity contribution in [3.8, 4) is 5.75 Å². The van der Waals surface area contributed by atoms with Crippen molar-refractivity contribution in [2.45, 2.75) is 19.8 Å². The van der Waals surface area contributed by atoms with Crippen molar-refractivity contribution in [3.05, 3.63) is 29.6 Å². The van der Waals surface area contributed by atoms with E-state index in [-0.39, 0.29) is 23.8 Å². The van der Waals surface area contributed by atoms with Crippen molar-refractivity contribution in [2.24, 2.45) is 0 Å². The summed E-state index contributed by atoms with van der Waals surface area (Å²) in [4.78, 5) is 22.1. The molecular formula is C13H16FNO4. The minimum Gasteiger partial charge on any atom is -0.484 e. The molecule has 0 radical (unpaired) electrons. The molecule has 0 bridgehead atoms. The number of nitrogens with one attached hydrogen (secondary N) is 1. The van der Waals surface area contributed by atoms with E-state index in [2.05, 4.69) is 5.32 Å². The minimum absolute atomic E-state index is 0.0167. The maximum atomic E-state index is 13.1. The van der Waals surface area contributed by atoms with Crippen molar-refractivity contribution in [1.82, 2.24) is 5.32 Å². The predicted octanol–water partition coefficient (Wildman–Crippen LogP) is 1.82. The van der Waals surface area contributed by atoms with Crippen molar-refractivity contribution in [2.75, 3.05) is 13.2 Å². The molecule has 2 N–H and O–H groups in total. The smallest absolute Gasteiger partial charge is 0.335 e. The number of hydrogen-bond donors (Lipinski definition) is 2.